The van der Waals surface area contributed by atoms with Crippen LogP contribution in [0.5, 0.6) is 5.75 Å². The number of nitrogens with one attached hydrogen (secondary N) is 1. The Bertz CT molecular complexity index is 1400. The topological polar surface area (TPSA) is 101 Å². The number of carbonyl (C=O) groups excluding carboxylic acids is 3. The van der Waals surface area contributed by atoms with Gasteiger partial charge in [0, 0.05) is 24.7 Å². The minimum atomic E-state index is -0.715. The van der Waals surface area contributed by atoms with Gasteiger partial charge in [0.15, 0.2) is 5.70 Å². The number of hydrogen-bond donors (Lipinski definition) is 1. The van der Waals surface area contributed by atoms with Crippen LogP contribution in [0.4, 0.5) is 5.69 Å². The highest BCUT2D eigenvalue weighted by atomic mass is 16.7. The van der Waals surface area contributed by atoms with Crippen LogP contribution in [-0.2, 0) is 27.4 Å². The van der Waals surface area contributed by atoms with Crippen LogP contribution in [0.3, 0.4) is 0 Å². The molecule has 3 aromatic rings. The maximum atomic E-state index is 13.7. The van der Waals surface area contributed by atoms with Gasteiger partial charge in [-0.25, -0.2) is 14.8 Å². The molecule has 0 unspecified atom stereocenters. The number of nitrogens with zero attached hydrogens (tertiary/aromatic N) is 3. The quantitative estimate of drug-likeness (QED) is 0.428. The third kappa shape index (κ3) is 5.12. The zero-order valence-electron chi connectivity index (χ0n) is 20.1. The summed E-state index contributed by atoms with van der Waals surface area (Å²) in [6.07, 6.45) is 1.97. The third-order valence-corrected chi connectivity index (χ3v) is 6.16. The van der Waals surface area contributed by atoms with E-state index in [1.807, 2.05) is 24.3 Å². The van der Waals surface area contributed by atoms with E-state index in [4.69, 9.17) is 9.57 Å². The van der Waals surface area contributed by atoms with Gasteiger partial charge in [0.1, 0.15) is 11.5 Å². The summed E-state index contributed by atoms with van der Waals surface area (Å²) in [6, 6.07) is 23.3. The van der Waals surface area contributed by atoms with Crippen molar-refractivity contribution in [3.05, 3.63) is 107 Å². The Morgan fingerprint density at radius 2 is 1.68 bits per heavy atom. The van der Waals surface area contributed by atoms with Crippen molar-refractivity contribution in [3.63, 3.8) is 0 Å². The molecule has 1 fully saturated rings. The molecule has 0 bridgehead atoms. The lowest BCUT2D eigenvalue weighted by Gasteiger charge is -2.29. The van der Waals surface area contributed by atoms with Crippen molar-refractivity contribution in [1.82, 2.24) is 10.5 Å². The van der Waals surface area contributed by atoms with Crippen molar-refractivity contribution in [3.8, 4) is 5.75 Å². The van der Waals surface area contributed by atoms with E-state index >= 15 is 0 Å². The maximum Gasteiger partial charge on any atom is 0.376 e. The molecule has 0 atom stereocenters. The van der Waals surface area contributed by atoms with Gasteiger partial charge in [0.2, 0.25) is 0 Å². The van der Waals surface area contributed by atoms with Crippen LogP contribution >= 0.6 is 0 Å². The number of benzene rings is 3. The van der Waals surface area contributed by atoms with Crippen LogP contribution in [-0.4, -0.2) is 42.0 Å². The fourth-order valence-corrected chi connectivity index (χ4v) is 4.18. The summed E-state index contributed by atoms with van der Waals surface area (Å²) < 4.78 is 5.20. The summed E-state index contributed by atoms with van der Waals surface area (Å²) in [7, 11) is 1.55. The highest BCUT2D eigenvalue weighted by Gasteiger charge is 2.32. The first kappa shape index (κ1) is 24.0. The van der Waals surface area contributed by atoms with Gasteiger partial charge < -0.3 is 14.5 Å². The van der Waals surface area contributed by atoms with Gasteiger partial charge in [-0.1, -0.05) is 48.1 Å². The normalized spacial score (nSPS) is 16.4. The monoisotopic (exact) mass is 496 g/mol. The lowest BCUT2D eigenvalue weighted by molar-refractivity contribution is -0.140. The Hall–Kier alpha value is -4.76. The molecule has 2 heterocycles. The molecule has 5 rings (SSSR count). The molecule has 1 saturated heterocycles. The predicted octanol–water partition coefficient (Wildman–Crippen LogP) is 3.23. The van der Waals surface area contributed by atoms with Gasteiger partial charge >= 0.3 is 5.97 Å². The van der Waals surface area contributed by atoms with E-state index in [0.717, 1.165) is 5.56 Å². The SMILES string of the molecule is COc1ccc(N2NOC(=O)/C2=C\C(=NC(=O)c2ccccc2)C(=O)N2CCc3ccccc3C2)cc1. The van der Waals surface area contributed by atoms with Gasteiger partial charge in [-0.2, -0.15) is 0 Å². The number of amides is 2. The molecule has 2 amide bonds. The second-order valence-electron chi connectivity index (χ2n) is 8.46. The molecule has 9 nitrogen and oxygen atoms in total. The third-order valence-electron chi connectivity index (χ3n) is 6.16. The number of hydrazine groups is 1. The van der Waals surface area contributed by atoms with E-state index in [-0.39, 0.29) is 11.4 Å². The molecular formula is C28H24N4O5. The van der Waals surface area contributed by atoms with Crippen molar-refractivity contribution in [2.45, 2.75) is 13.0 Å². The molecule has 0 radical (unpaired) electrons. The summed E-state index contributed by atoms with van der Waals surface area (Å²) in [5.74, 6) is -1.13. The Morgan fingerprint density at radius 3 is 2.41 bits per heavy atom. The average molecular weight is 497 g/mol. The van der Waals surface area contributed by atoms with Crippen LogP contribution in [0.15, 0.2) is 95.6 Å². The molecule has 0 aromatic heterocycles. The van der Waals surface area contributed by atoms with Crippen LogP contribution in [0.1, 0.15) is 21.5 Å². The highest BCUT2D eigenvalue weighted by molar-refractivity contribution is 6.45. The minimum absolute atomic E-state index is 0.00976. The second-order valence-corrected chi connectivity index (χ2v) is 8.46. The highest BCUT2D eigenvalue weighted by Crippen LogP contribution is 2.25. The van der Waals surface area contributed by atoms with Crippen LogP contribution in [0, 0.1) is 0 Å². The Kier molecular flexibility index (Phi) is 6.78. The minimum Gasteiger partial charge on any atom is -0.497 e. The predicted molar refractivity (Wildman–Crippen MR) is 137 cm³/mol. The molecule has 0 saturated carbocycles. The van der Waals surface area contributed by atoms with Gasteiger partial charge in [0.05, 0.1) is 12.8 Å². The molecule has 186 valence electrons. The Morgan fingerprint density at radius 1 is 0.973 bits per heavy atom. The van der Waals surface area contributed by atoms with Gasteiger partial charge in [-0.15, -0.1) is 0 Å². The van der Waals surface area contributed by atoms with E-state index < -0.39 is 17.8 Å². The molecule has 2 aliphatic rings. The number of rotatable bonds is 5. The van der Waals surface area contributed by atoms with E-state index in [1.165, 1.54) is 16.6 Å². The molecule has 37 heavy (non-hydrogen) atoms. The summed E-state index contributed by atoms with van der Waals surface area (Å²) in [5.41, 5.74) is 5.49. The lowest BCUT2D eigenvalue weighted by atomic mass is 9.99. The van der Waals surface area contributed by atoms with Crippen molar-refractivity contribution in [2.75, 3.05) is 18.7 Å². The van der Waals surface area contributed by atoms with Gasteiger partial charge in [-0.05, 0) is 53.9 Å². The first-order chi connectivity index (χ1) is 18.0. The Balaban J connectivity index is 1.51. The van der Waals surface area contributed by atoms with Crippen LogP contribution < -0.4 is 15.3 Å². The molecule has 9 heteroatoms. The fourth-order valence-electron chi connectivity index (χ4n) is 4.18. The zero-order valence-corrected chi connectivity index (χ0v) is 20.1. The summed E-state index contributed by atoms with van der Waals surface area (Å²) >= 11 is 0. The second kappa shape index (κ2) is 10.5. The molecule has 2 aliphatic heterocycles. The summed E-state index contributed by atoms with van der Waals surface area (Å²) in [6.45, 7) is 0.837. The van der Waals surface area contributed by atoms with Crippen LogP contribution in [0.2, 0.25) is 0 Å². The number of methoxy groups -OCH3 is 1. The number of fused-ring (bicyclic) bond motifs is 1. The lowest BCUT2D eigenvalue weighted by Crippen LogP contribution is -2.40. The molecule has 0 aliphatic carbocycles. The van der Waals surface area contributed by atoms with Gasteiger partial charge in [-0.3, -0.25) is 9.59 Å². The van der Waals surface area contributed by atoms with E-state index in [2.05, 4.69) is 10.6 Å². The number of hydrogen-bond acceptors (Lipinski definition) is 7. The standard InChI is InChI=1S/C28H24N4O5/c1-36-23-13-11-22(12-14-23)32-25(28(35)37-30-32)17-24(29-26(33)20-8-3-2-4-9-20)27(34)31-16-15-19-7-5-6-10-21(19)18-31/h2-14,17,30H,15-16,18H2,1H3/b25-17+,29-24?. The van der Waals surface area contributed by atoms with Gasteiger partial charge in [0.25, 0.3) is 11.8 Å². The maximum absolute atomic E-state index is 13.7. The number of anilines is 1. The van der Waals surface area contributed by atoms with Crippen molar-refractivity contribution in [2.24, 2.45) is 4.99 Å². The van der Waals surface area contributed by atoms with Crippen molar-refractivity contribution >= 4 is 29.2 Å². The number of carbonyl (C=O) groups is 3. The Labute approximate surface area is 213 Å². The van der Waals surface area contributed by atoms with E-state index in [0.29, 0.717) is 36.5 Å². The average Bonchev–Trinajstić information content (AvgIpc) is 3.32. The summed E-state index contributed by atoms with van der Waals surface area (Å²) in [4.78, 5) is 50.1. The fraction of sp³-hybridized carbons (Fsp3) is 0.143. The molecule has 0 spiro atoms. The van der Waals surface area contributed by atoms with Crippen molar-refractivity contribution < 1.29 is 24.0 Å². The van der Waals surface area contributed by atoms with E-state index in [1.54, 1.807) is 66.6 Å². The first-order valence-electron chi connectivity index (χ1n) is 11.7. The number of ether oxygens (including phenoxy) is 1. The van der Waals surface area contributed by atoms with E-state index in [9.17, 15) is 14.4 Å². The van der Waals surface area contributed by atoms with Crippen LogP contribution in [0.25, 0.3) is 0 Å². The number of aliphatic imine (C=N–C) groups is 1. The van der Waals surface area contributed by atoms with Crippen molar-refractivity contribution in [1.29, 1.82) is 0 Å². The first-order valence-corrected chi connectivity index (χ1v) is 11.7. The molecular weight excluding hydrogens is 472 g/mol. The zero-order chi connectivity index (χ0) is 25.8. The molecule has 1 N–H and O–H groups in total. The largest absolute Gasteiger partial charge is 0.497 e. The molecule has 3 aromatic carbocycles. The summed E-state index contributed by atoms with van der Waals surface area (Å²) in [5, 5.41) is 1.38. The smallest absolute Gasteiger partial charge is 0.376 e.